The number of hydrogen-bond acceptors (Lipinski definition) is 6. The first kappa shape index (κ1) is 21.7. The number of aryl methyl sites for hydroxylation is 1. The van der Waals surface area contributed by atoms with E-state index in [1.807, 2.05) is 13.0 Å². The molecule has 170 valence electrons. The maximum Gasteiger partial charge on any atom is 0.411 e. The molecule has 0 spiro atoms. The maximum absolute atomic E-state index is 12.1. The zero-order valence-corrected chi connectivity index (χ0v) is 18.2. The van der Waals surface area contributed by atoms with Crippen LogP contribution in [0, 0.1) is 12.8 Å². The fourth-order valence-electron chi connectivity index (χ4n) is 6.03. The van der Waals surface area contributed by atoms with Crippen molar-refractivity contribution >= 4 is 23.7 Å². The molecule has 0 aliphatic carbocycles. The first-order valence-electron chi connectivity index (χ1n) is 11.2. The van der Waals surface area contributed by atoms with Crippen molar-refractivity contribution in [1.29, 1.82) is 0 Å². The van der Waals surface area contributed by atoms with Crippen LogP contribution in [-0.4, -0.2) is 69.7 Å². The average molecular weight is 433 g/mol. The number of ether oxygens (including phenoxy) is 1. The van der Waals surface area contributed by atoms with Gasteiger partial charge in [-0.05, 0) is 64.0 Å². The Bertz CT molecular complexity index is 849. The van der Waals surface area contributed by atoms with Crippen LogP contribution in [0.25, 0.3) is 0 Å². The van der Waals surface area contributed by atoms with Crippen LogP contribution in [0.5, 0.6) is 0 Å². The summed E-state index contributed by atoms with van der Waals surface area (Å²) in [4.78, 5) is 32.3. The quantitative estimate of drug-likeness (QED) is 0.669. The summed E-state index contributed by atoms with van der Waals surface area (Å²) in [5, 5.41) is 23.1. The molecule has 3 aliphatic heterocycles. The molecule has 3 aliphatic rings. The molecule has 31 heavy (non-hydrogen) atoms. The number of amides is 2. The van der Waals surface area contributed by atoms with E-state index in [9.17, 15) is 19.8 Å². The number of rotatable bonds is 4. The monoisotopic (exact) mass is 432 g/mol. The second-order valence-corrected chi connectivity index (χ2v) is 9.04. The number of fused-ring (bicyclic) bond motifs is 2. The van der Waals surface area contributed by atoms with E-state index in [0.29, 0.717) is 31.7 Å². The molecule has 0 aromatic carbocycles. The number of aliphatic hydroxyl groups excluding tert-OH is 1. The first-order valence-corrected chi connectivity index (χ1v) is 11.2. The summed E-state index contributed by atoms with van der Waals surface area (Å²) in [6.07, 6.45) is 4.41. The van der Waals surface area contributed by atoms with E-state index in [1.165, 1.54) is 0 Å². The standard InChI is InChI=1S/C22H32N4O5/c1-3-31-20(28)24-16-9-14(2)19(23-12-16)25-8-4-5-15(13-25)22-7-6-17(10-18(27)11-22)26(22)21(29)30/h9,12,15,17-18,27H,3-8,10-11,13H2,1-2H3,(H,24,28)(H,29,30). The molecule has 1 aromatic heterocycles. The topological polar surface area (TPSA) is 115 Å². The van der Waals surface area contributed by atoms with Crippen LogP contribution in [0.1, 0.15) is 51.0 Å². The van der Waals surface area contributed by atoms with Crippen LogP contribution >= 0.6 is 0 Å². The van der Waals surface area contributed by atoms with E-state index in [4.69, 9.17) is 4.74 Å². The number of nitrogens with zero attached hydrogens (tertiary/aromatic N) is 3. The zero-order valence-electron chi connectivity index (χ0n) is 18.2. The Morgan fingerprint density at radius 1 is 1.39 bits per heavy atom. The molecule has 4 heterocycles. The minimum Gasteiger partial charge on any atom is -0.465 e. The third-order valence-corrected chi connectivity index (χ3v) is 7.15. The smallest absolute Gasteiger partial charge is 0.411 e. The second-order valence-electron chi connectivity index (χ2n) is 9.04. The number of carboxylic acid groups (broad SMARTS) is 1. The van der Waals surface area contributed by atoms with Gasteiger partial charge < -0.3 is 19.8 Å². The second kappa shape index (κ2) is 8.53. The lowest BCUT2D eigenvalue weighted by Crippen LogP contribution is -2.62. The molecule has 3 saturated heterocycles. The number of anilines is 2. The molecule has 2 amide bonds. The average Bonchev–Trinajstić information content (AvgIpc) is 2.98. The summed E-state index contributed by atoms with van der Waals surface area (Å²) in [7, 11) is 0. The fraction of sp³-hybridized carbons (Fsp3) is 0.682. The van der Waals surface area contributed by atoms with Gasteiger partial charge in [0.15, 0.2) is 0 Å². The lowest BCUT2D eigenvalue weighted by atomic mass is 9.72. The van der Waals surface area contributed by atoms with Crippen molar-refractivity contribution < 1.29 is 24.5 Å². The highest BCUT2D eigenvalue weighted by Gasteiger charge is 2.57. The molecule has 0 radical (unpaired) electrons. The summed E-state index contributed by atoms with van der Waals surface area (Å²) < 4.78 is 4.92. The normalized spacial score (nSPS) is 30.2. The minimum atomic E-state index is -0.866. The number of pyridine rings is 1. The van der Waals surface area contributed by atoms with E-state index in [0.717, 1.165) is 43.6 Å². The summed E-state index contributed by atoms with van der Waals surface area (Å²) in [5.74, 6) is 0.999. The van der Waals surface area contributed by atoms with E-state index >= 15 is 0 Å². The Labute approximate surface area is 182 Å². The zero-order chi connectivity index (χ0) is 22.2. The molecule has 9 heteroatoms. The highest BCUT2D eigenvalue weighted by Crippen LogP contribution is 2.50. The molecule has 2 bridgehead atoms. The van der Waals surface area contributed by atoms with Crippen molar-refractivity contribution in [1.82, 2.24) is 9.88 Å². The minimum absolute atomic E-state index is 0.0790. The Kier molecular flexibility index (Phi) is 5.96. The van der Waals surface area contributed by atoms with Gasteiger partial charge in [0.2, 0.25) is 0 Å². The van der Waals surface area contributed by atoms with Crippen LogP contribution in [0.4, 0.5) is 21.1 Å². The van der Waals surface area contributed by atoms with Gasteiger partial charge in [0.1, 0.15) is 5.82 Å². The number of carbonyl (C=O) groups excluding carboxylic acids is 1. The van der Waals surface area contributed by atoms with E-state index in [1.54, 1.807) is 18.0 Å². The SMILES string of the molecule is CCOC(=O)Nc1cnc(N2CCCC(C34CCC(CC(O)C3)N4C(=O)O)C2)c(C)c1. The van der Waals surface area contributed by atoms with Crippen molar-refractivity contribution in [2.24, 2.45) is 5.92 Å². The summed E-state index contributed by atoms with van der Waals surface area (Å²) in [5.41, 5.74) is 1.03. The third kappa shape index (κ3) is 4.03. The summed E-state index contributed by atoms with van der Waals surface area (Å²) in [6, 6.07) is 1.80. The largest absolute Gasteiger partial charge is 0.465 e. The van der Waals surface area contributed by atoms with Crippen LogP contribution in [0.2, 0.25) is 0 Å². The Hall–Kier alpha value is -2.55. The molecule has 4 atom stereocenters. The van der Waals surface area contributed by atoms with Gasteiger partial charge in [0, 0.05) is 25.0 Å². The van der Waals surface area contributed by atoms with Gasteiger partial charge in [0.05, 0.1) is 30.1 Å². The highest BCUT2D eigenvalue weighted by atomic mass is 16.5. The van der Waals surface area contributed by atoms with Crippen molar-refractivity contribution in [3.8, 4) is 0 Å². The number of aliphatic hydroxyl groups is 1. The molecule has 9 nitrogen and oxygen atoms in total. The van der Waals surface area contributed by atoms with Gasteiger partial charge in [-0.25, -0.2) is 14.6 Å². The van der Waals surface area contributed by atoms with Gasteiger partial charge in [-0.2, -0.15) is 0 Å². The predicted molar refractivity (Wildman–Crippen MR) is 115 cm³/mol. The number of piperidine rings is 2. The fourth-order valence-corrected chi connectivity index (χ4v) is 6.03. The summed E-state index contributed by atoms with van der Waals surface area (Å²) >= 11 is 0. The molecule has 0 saturated carbocycles. The van der Waals surface area contributed by atoms with Crippen molar-refractivity contribution in [3.63, 3.8) is 0 Å². The third-order valence-electron chi connectivity index (χ3n) is 7.15. The first-order chi connectivity index (χ1) is 14.8. The van der Waals surface area contributed by atoms with E-state index < -0.39 is 23.8 Å². The van der Waals surface area contributed by atoms with Crippen LogP contribution in [-0.2, 0) is 4.74 Å². The number of nitrogens with one attached hydrogen (secondary N) is 1. The number of carbonyl (C=O) groups is 2. The van der Waals surface area contributed by atoms with Crippen LogP contribution < -0.4 is 10.2 Å². The Morgan fingerprint density at radius 3 is 2.90 bits per heavy atom. The van der Waals surface area contributed by atoms with Gasteiger partial charge in [-0.3, -0.25) is 10.2 Å². The van der Waals surface area contributed by atoms with Gasteiger partial charge in [-0.1, -0.05) is 0 Å². The number of hydrogen-bond donors (Lipinski definition) is 3. The van der Waals surface area contributed by atoms with Crippen LogP contribution in [0.15, 0.2) is 12.3 Å². The molecular weight excluding hydrogens is 400 g/mol. The van der Waals surface area contributed by atoms with Crippen molar-refractivity contribution in [2.45, 2.75) is 70.1 Å². The molecule has 4 unspecified atom stereocenters. The Balaban J connectivity index is 1.53. The molecule has 3 fully saturated rings. The molecule has 4 rings (SSSR count). The van der Waals surface area contributed by atoms with E-state index in [2.05, 4.69) is 15.2 Å². The van der Waals surface area contributed by atoms with Crippen LogP contribution in [0.3, 0.4) is 0 Å². The molecule has 3 N–H and O–H groups in total. The molecule has 1 aromatic rings. The molecular formula is C22H32N4O5. The lowest BCUT2D eigenvalue weighted by molar-refractivity contribution is -0.0390. The van der Waals surface area contributed by atoms with Gasteiger partial charge in [-0.15, -0.1) is 0 Å². The Morgan fingerprint density at radius 2 is 2.19 bits per heavy atom. The highest BCUT2D eigenvalue weighted by molar-refractivity contribution is 5.84. The lowest BCUT2D eigenvalue weighted by Gasteiger charge is -2.52. The predicted octanol–water partition coefficient (Wildman–Crippen LogP) is 3.21. The summed E-state index contributed by atoms with van der Waals surface area (Å²) in [6.45, 7) is 5.57. The van der Waals surface area contributed by atoms with Gasteiger partial charge >= 0.3 is 12.2 Å². The number of aromatic nitrogens is 1. The van der Waals surface area contributed by atoms with Gasteiger partial charge in [0.25, 0.3) is 0 Å². The van der Waals surface area contributed by atoms with E-state index in [-0.39, 0.29) is 12.0 Å². The maximum atomic E-state index is 12.1. The van der Waals surface area contributed by atoms with Crippen molar-refractivity contribution in [2.75, 3.05) is 29.9 Å². The van der Waals surface area contributed by atoms with Crippen molar-refractivity contribution in [3.05, 3.63) is 17.8 Å².